The van der Waals surface area contributed by atoms with E-state index in [1.54, 1.807) is 12.1 Å². The normalized spacial score (nSPS) is 15.1. The van der Waals surface area contributed by atoms with Crippen LogP contribution in [0.1, 0.15) is 11.1 Å². The molecule has 0 bridgehead atoms. The fourth-order valence-corrected chi connectivity index (χ4v) is 4.30. The fraction of sp³-hybridized carbons (Fsp3) is 0.0800. The Hall–Kier alpha value is -4.64. The molecule has 11 heteroatoms. The molecule has 1 fully saturated rings. The van der Waals surface area contributed by atoms with Crippen molar-refractivity contribution in [3.63, 3.8) is 0 Å². The number of benzene rings is 3. The van der Waals surface area contributed by atoms with E-state index in [0.717, 1.165) is 16.5 Å². The first kappa shape index (κ1) is 24.5. The topological polar surface area (TPSA) is 139 Å². The third-order valence-electron chi connectivity index (χ3n) is 5.24. The van der Waals surface area contributed by atoms with Crippen molar-refractivity contribution in [2.75, 3.05) is 12.0 Å². The number of aromatic hydroxyl groups is 1. The molecule has 0 spiro atoms. The van der Waals surface area contributed by atoms with Crippen molar-refractivity contribution in [3.05, 3.63) is 83.4 Å². The van der Waals surface area contributed by atoms with Crippen molar-refractivity contribution in [1.82, 2.24) is 5.32 Å². The molecule has 1 aliphatic heterocycles. The zero-order chi connectivity index (χ0) is 26.0. The van der Waals surface area contributed by atoms with E-state index >= 15 is 0 Å². The zero-order valence-electron chi connectivity index (χ0n) is 19.1. The van der Waals surface area contributed by atoms with Crippen LogP contribution in [-0.4, -0.2) is 38.5 Å². The van der Waals surface area contributed by atoms with Crippen LogP contribution in [0.5, 0.6) is 17.2 Å². The number of ether oxygens (including phenoxy) is 1. The smallest absolute Gasteiger partial charge is 0.339 e. The predicted molar refractivity (Wildman–Crippen MR) is 129 cm³/mol. The van der Waals surface area contributed by atoms with E-state index in [1.165, 1.54) is 61.7 Å². The molecular weight excluding hydrogens is 488 g/mol. The van der Waals surface area contributed by atoms with Crippen molar-refractivity contribution in [2.45, 2.75) is 11.8 Å². The van der Waals surface area contributed by atoms with Gasteiger partial charge >= 0.3 is 16.1 Å². The van der Waals surface area contributed by atoms with Crippen molar-refractivity contribution in [2.24, 2.45) is 0 Å². The molecule has 1 aliphatic rings. The number of amides is 4. The summed E-state index contributed by atoms with van der Waals surface area (Å²) in [6.07, 6.45) is 1.12. The number of rotatable bonds is 6. The molecule has 0 atom stereocenters. The van der Waals surface area contributed by atoms with Gasteiger partial charge < -0.3 is 14.0 Å². The predicted octanol–water partition coefficient (Wildman–Crippen LogP) is 3.14. The summed E-state index contributed by atoms with van der Waals surface area (Å²) >= 11 is 0. The van der Waals surface area contributed by atoms with E-state index in [2.05, 4.69) is 5.32 Å². The van der Waals surface area contributed by atoms with Gasteiger partial charge in [-0.1, -0.05) is 17.7 Å². The Morgan fingerprint density at radius 2 is 1.61 bits per heavy atom. The van der Waals surface area contributed by atoms with Crippen LogP contribution in [0.4, 0.5) is 10.5 Å². The number of imide groups is 2. The summed E-state index contributed by atoms with van der Waals surface area (Å²) in [6, 6.07) is 14.5. The number of urea groups is 1. The third-order valence-corrected chi connectivity index (χ3v) is 6.49. The second-order valence-corrected chi connectivity index (χ2v) is 9.27. The lowest BCUT2D eigenvalue weighted by Crippen LogP contribution is -2.54. The van der Waals surface area contributed by atoms with Gasteiger partial charge in [-0.3, -0.25) is 14.9 Å². The van der Waals surface area contributed by atoms with Crippen molar-refractivity contribution in [1.29, 1.82) is 0 Å². The van der Waals surface area contributed by atoms with Gasteiger partial charge in [0.25, 0.3) is 11.8 Å². The van der Waals surface area contributed by atoms with E-state index < -0.39 is 33.5 Å². The average Bonchev–Trinajstić information content (AvgIpc) is 2.83. The molecule has 1 saturated heterocycles. The van der Waals surface area contributed by atoms with E-state index in [-0.39, 0.29) is 33.4 Å². The summed E-state index contributed by atoms with van der Waals surface area (Å²) in [4.78, 5) is 38.7. The summed E-state index contributed by atoms with van der Waals surface area (Å²) in [5.74, 6) is -1.92. The lowest BCUT2D eigenvalue weighted by atomic mass is 10.1. The van der Waals surface area contributed by atoms with E-state index in [1.807, 2.05) is 6.92 Å². The quantitative estimate of drug-likeness (QED) is 0.294. The zero-order valence-corrected chi connectivity index (χ0v) is 19.9. The number of methoxy groups -OCH3 is 1. The number of phenols is 1. The third kappa shape index (κ3) is 4.91. The van der Waals surface area contributed by atoms with Crippen molar-refractivity contribution >= 4 is 39.7 Å². The molecule has 4 rings (SSSR count). The number of carbonyl (C=O) groups excluding carboxylic acids is 3. The van der Waals surface area contributed by atoms with Gasteiger partial charge in [-0.05, 0) is 61.5 Å². The number of anilines is 1. The van der Waals surface area contributed by atoms with Crippen molar-refractivity contribution < 1.29 is 36.8 Å². The van der Waals surface area contributed by atoms with Gasteiger partial charge in [-0.2, -0.15) is 8.42 Å². The maximum atomic E-state index is 13.1. The molecule has 0 aliphatic carbocycles. The van der Waals surface area contributed by atoms with E-state index in [9.17, 15) is 27.9 Å². The van der Waals surface area contributed by atoms with Crippen LogP contribution < -0.4 is 19.1 Å². The second kappa shape index (κ2) is 9.55. The Labute approximate surface area is 206 Å². The van der Waals surface area contributed by atoms with Gasteiger partial charge in [-0.15, -0.1) is 0 Å². The summed E-state index contributed by atoms with van der Waals surface area (Å²) in [5, 5.41) is 11.6. The molecule has 1 heterocycles. The molecule has 2 N–H and O–H groups in total. The van der Waals surface area contributed by atoms with Gasteiger partial charge in [-0.25, -0.2) is 9.69 Å². The molecular formula is C25H20N2O8S. The number of carbonyl (C=O) groups is 3. The number of aryl methyl sites for hydroxylation is 1. The number of phenolic OH excluding ortho intramolecular Hbond substituents is 1. The Bertz CT molecular complexity index is 1490. The first-order valence-corrected chi connectivity index (χ1v) is 11.9. The number of nitrogens with one attached hydrogen (secondary N) is 1. The van der Waals surface area contributed by atoms with Gasteiger partial charge in [0.15, 0.2) is 5.75 Å². The molecule has 3 aromatic rings. The highest BCUT2D eigenvalue weighted by Crippen LogP contribution is 2.31. The standard InChI is InChI=1S/C25H20N2O8S/c1-15-3-11-20(12-4-15)36(32,33)35-22-14-19(34-2)10-5-16(22)13-21-23(29)26-25(31)27(24(21)30)17-6-8-18(28)9-7-17/h3-14,28H,1-2H3,(H,26,29,31)/b21-13+. The first-order valence-electron chi connectivity index (χ1n) is 10.5. The van der Waals surface area contributed by atoms with Gasteiger partial charge in [0.2, 0.25) is 0 Å². The number of hydrogen-bond donors (Lipinski definition) is 2. The number of barbiturate groups is 1. The Morgan fingerprint density at radius 3 is 2.25 bits per heavy atom. The summed E-state index contributed by atoms with van der Waals surface area (Å²) in [6.45, 7) is 1.81. The minimum atomic E-state index is -4.27. The van der Waals surface area contributed by atoms with Crippen LogP contribution >= 0.6 is 0 Å². The molecule has 184 valence electrons. The van der Waals surface area contributed by atoms with Gasteiger partial charge in [0.05, 0.1) is 12.8 Å². The Balaban J connectivity index is 1.75. The minimum absolute atomic E-state index is 0.0741. The molecule has 10 nitrogen and oxygen atoms in total. The molecule has 36 heavy (non-hydrogen) atoms. The van der Waals surface area contributed by atoms with E-state index in [4.69, 9.17) is 8.92 Å². The highest BCUT2D eigenvalue weighted by Gasteiger charge is 2.37. The molecule has 4 amide bonds. The molecule has 0 radical (unpaired) electrons. The Kier molecular flexibility index (Phi) is 6.49. The van der Waals surface area contributed by atoms with Gasteiger partial charge in [0.1, 0.15) is 22.0 Å². The van der Waals surface area contributed by atoms with Crippen LogP contribution in [0.2, 0.25) is 0 Å². The lowest BCUT2D eigenvalue weighted by Gasteiger charge is -2.26. The SMILES string of the molecule is COc1ccc(/C=C2\C(=O)NC(=O)N(c3ccc(O)cc3)C2=O)c(OS(=O)(=O)c2ccc(C)cc2)c1. The number of nitrogens with zero attached hydrogens (tertiary/aromatic N) is 1. The van der Waals surface area contributed by atoms with Crippen LogP contribution in [-0.2, 0) is 19.7 Å². The molecule has 3 aromatic carbocycles. The summed E-state index contributed by atoms with van der Waals surface area (Å²) in [7, 11) is -2.89. The first-order chi connectivity index (χ1) is 17.1. The highest BCUT2D eigenvalue weighted by molar-refractivity contribution is 7.87. The minimum Gasteiger partial charge on any atom is -0.508 e. The second-order valence-electron chi connectivity index (χ2n) is 7.73. The largest absolute Gasteiger partial charge is 0.508 e. The monoisotopic (exact) mass is 508 g/mol. The highest BCUT2D eigenvalue weighted by atomic mass is 32.2. The maximum Gasteiger partial charge on any atom is 0.339 e. The summed E-state index contributed by atoms with van der Waals surface area (Å²) < 4.78 is 36.3. The number of hydrogen-bond acceptors (Lipinski definition) is 8. The molecule has 0 aromatic heterocycles. The maximum absolute atomic E-state index is 13.1. The van der Waals surface area contributed by atoms with Crippen LogP contribution in [0.25, 0.3) is 6.08 Å². The van der Waals surface area contributed by atoms with Crippen LogP contribution in [0.15, 0.2) is 77.2 Å². The fourth-order valence-electron chi connectivity index (χ4n) is 3.35. The average molecular weight is 509 g/mol. The van der Waals surface area contributed by atoms with Gasteiger partial charge in [0, 0.05) is 11.6 Å². The van der Waals surface area contributed by atoms with Crippen LogP contribution in [0.3, 0.4) is 0 Å². The Morgan fingerprint density at radius 1 is 0.944 bits per heavy atom. The van der Waals surface area contributed by atoms with Crippen LogP contribution in [0, 0.1) is 6.92 Å². The van der Waals surface area contributed by atoms with E-state index in [0.29, 0.717) is 0 Å². The lowest BCUT2D eigenvalue weighted by molar-refractivity contribution is -0.122. The molecule has 0 saturated carbocycles. The summed E-state index contributed by atoms with van der Waals surface area (Å²) in [5.41, 5.74) is 0.604. The molecule has 0 unspecified atom stereocenters. The van der Waals surface area contributed by atoms with Crippen molar-refractivity contribution in [3.8, 4) is 17.2 Å².